The molecule has 0 atom stereocenters. The lowest BCUT2D eigenvalue weighted by Gasteiger charge is -2.10. The highest BCUT2D eigenvalue weighted by Crippen LogP contribution is 2.29. The molecule has 3 heteroatoms. The minimum atomic E-state index is 0.605. The Labute approximate surface area is 106 Å². The van der Waals surface area contributed by atoms with Crippen molar-refractivity contribution in [2.45, 2.75) is 20.4 Å². The van der Waals surface area contributed by atoms with Crippen LogP contribution in [0.4, 0.5) is 5.82 Å². The Balaban J connectivity index is 2.40. The summed E-state index contributed by atoms with van der Waals surface area (Å²) in [4.78, 5) is 4.46. The molecule has 2 N–H and O–H groups in total. The smallest absolute Gasteiger partial charge is 0.133 e. The van der Waals surface area contributed by atoms with E-state index in [0.717, 1.165) is 17.4 Å². The van der Waals surface area contributed by atoms with Crippen LogP contribution in [0.1, 0.15) is 13.8 Å². The van der Waals surface area contributed by atoms with E-state index in [0.29, 0.717) is 11.7 Å². The van der Waals surface area contributed by atoms with Crippen LogP contribution in [0, 0.1) is 5.92 Å². The second kappa shape index (κ2) is 4.02. The van der Waals surface area contributed by atoms with Crippen LogP contribution in [0.25, 0.3) is 21.8 Å². The van der Waals surface area contributed by atoms with Gasteiger partial charge in [-0.3, -0.25) is 0 Å². The summed E-state index contributed by atoms with van der Waals surface area (Å²) in [5.74, 6) is 1.22. The number of aromatic nitrogens is 2. The van der Waals surface area contributed by atoms with Crippen LogP contribution in [0.3, 0.4) is 0 Å². The first-order valence-electron chi connectivity index (χ1n) is 6.30. The van der Waals surface area contributed by atoms with Gasteiger partial charge in [0.05, 0.1) is 11.0 Å². The van der Waals surface area contributed by atoms with Crippen LogP contribution in [0.2, 0.25) is 0 Å². The number of nitrogens with two attached hydrogens (primary N) is 1. The van der Waals surface area contributed by atoms with Crippen molar-refractivity contribution in [1.29, 1.82) is 0 Å². The zero-order valence-corrected chi connectivity index (χ0v) is 10.7. The van der Waals surface area contributed by atoms with Crippen LogP contribution in [-0.4, -0.2) is 9.55 Å². The van der Waals surface area contributed by atoms with Crippen molar-refractivity contribution in [3.63, 3.8) is 0 Å². The first-order chi connectivity index (χ1) is 8.66. The van der Waals surface area contributed by atoms with Gasteiger partial charge in [-0.1, -0.05) is 32.0 Å². The Hall–Kier alpha value is -2.03. The molecule has 3 rings (SSSR count). The highest BCUT2D eigenvalue weighted by Gasteiger charge is 2.10. The molecule has 0 radical (unpaired) electrons. The van der Waals surface area contributed by atoms with Gasteiger partial charge >= 0.3 is 0 Å². The Morgan fingerprint density at radius 2 is 1.94 bits per heavy atom. The zero-order chi connectivity index (χ0) is 12.7. The molecular formula is C15H17N3. The summed E-state index contributed by atoms with van der Waals surface area (Å²) >= 11 is 0. The highest BCUT2D eigenvalue weighted by atomic mass is 15.0. The monoisotopic (exact) mass is 239 g/mol. The quantitative estimate of drug-likeness (QED) is 0.744. The van der Waals surface area contributed by atoms with Crippen LogP contribution >= 0.6 is 0 Å². The summed E-state index contributed by atoms with van der Waals surface area (Å²) in [7, 11) is 0. The van der Waals surface area contributed by atoms with E-state index in [4.69, 9.17) is 5.73 Å². The molecule has 0 unspecified atom stereocenters. The Bertz CT molecular complexity index is 710. The lowest BCUT2D eigenvalue weighted by Crippen LogP contribution is -2.03. The van der Waals surface area contributed by atoms with Gasteiger partial charge in [0.15, 0.2) is 0 Å². The molecule has 2 aromatic heterocycles. The Morgan fingerprint density at radius 1 is 1.17 bits per heavy atom. The highest BCUT2D eigenvalue weighted by molar-refractivity contribution is 6.08. The number of hydrogen-bond acceptors (Lipinski definition) is 2. The largest absolute Gasteiger partial charge is 0.383 e. The van der Waals surface area contributed by atoms with Crippen molar-refractivity contribution >= 4 is 27.6 Å². The fourth-order valence-corrected chi connectivity index (χ4v) is 2.49. The molecule has 0 amide bonds. The first-order valence-corrected chi connectivity index (χ1v) is 6.30. The van der Waals surface area contributed by atoms with Gasteiger partial charge in [-0.15, -0.1) is 0 Å². The summed E-state index contributed by atoms with van der Waals surface area (Å²) in [6, 6.07) is 10.2. The number of nitrogen functional groups attached to an aromatic ring is 1. The zero-order valence-electron chi connectivity index (χ0n) is 10.7. The molecule has 0 fully saturated rings. The maximum Gasteiger partial charge on any atom is 0.133 e. The van der Waals surface area contributed by atoms with Crippen molar-refractivity contribution in [1.82, 2.24) is 9.55 Å². The summed E-state index contributed by atoms with van der Waals surface area (Å²) < 4.78 is 2.28. The van der Waals surface area contributed by atoms with Gasteiger partial charge in [0.1, 0.15) is 5.82 Å². The topological polar surface area (TPSA) is 43.8 Å². The molecule has 0 aliphatic carbocycles. The second-order valence-electron chi connectivity index (χ2n) is 5.14. The number of rotatable bonds is 2. The van der Waals surface area contributed by atoms with E-state index in [1.807, 2.05) is 18.2 Å². The van der Waals surface area contributed by atoms with Crippen molar-refractivity contribution < 1.29 is 0 Å². The number of anilines is 1. The van der Waals surface area contributed by atoms with E-state index in [2.05, 4.69) is 41.7 Å². The predicted octanol–water partition coefficient (Wildman–Crippen LogP) is 3.43. The number of nitrogens with zero attached hydrogens (tertiary/aromatic N) is 2. The van der Waals surface area contributed by atoms with Crippen LogP contribution in [0.5, 0.6) is 0 Å². The number of pyridine rings is 1. The molecule has 0 spiro atoms. The molecule has 1 aromatic carbocycles. The van der Waals surface area contributed by atoms with Gasteiger partial charge in [-0.25, -0.2) is 4.98 Å². The van der Waals surface area contributed by atoms with E-state index in [-0.39, 0.29) is 0 Å². The van der Waals surface area contributed by atoms with Gasteiger partial charge in [0.2, 0.25) is 0 Å². The first kappa shape index (κ1) is 11.1. The van der Waals surface area contributed by atoms with E-state index >= 15 is 0 Å². The minimum absolute atomic E-state index is 0.605. The number of fused-ring (bicyclic) bond motifs is 3. The maximum atomic E-state index is 6.04. The van der Waals surface area contributed by atoms with Gasteiger partial charge in [0, 0.05) is 23.5 Å². The van der Waals surface area contributed by atoms with Gasteiger partial charge in [0.25, 0.3) is 0 Å². The normalized spacial score (nSPS) is 11.7. The molecule has 0 saturated carbocycles. The molecule has 0 aliphatic heterocycles. The standard InChI is InChI=1S/C15H17N3/c1-10(2)9-18-8-7-12-14(18)11-5-3-4-6-13(11)17-15(12)16/h3-8,10H,9H2,1-2H3,(H2,16,17). The van der Waals surface area contributed by atoms with Crippen molar-refractivity contribution in [3.05, 3.63) is 36.5 Å². The Morgan fingerprint density at radius 3 is 2.72 bits per heavy atom. The number of benzene rings is 1. The molecule has 0 aliphatic rings. The summed E-state index contributed by atoms with van der Waals surface area (Å²) in [5, 5.41) is 2.22. The van der Waals surface area contributed by atoms with Crippen LogP contribution in [0.15, 0.2) is 36.5 Å². The lowest BCUT2D eigenvalue weighted by atomic mass is 10.1. The van der Waals surface area contributed by atoms with Crippen molar-refractivity contribution in [2.75, 3.05) is 5.73 Å². The van der Waals surface area contributed by atoms with Crippen molar-refractivity contribution in [2.24, 2.45) is 5.92 Å². The lowest BCUT2D eigenvalue weighted by molar-refractivity contribution is 0.536. The maximum absolute atomic E-state index is 6.04. The number of para-hydroxylation sites is 1. The minimum Gasteiger partial charge on any atom is -0.383 e. The average Bonchev–Trinajstić information content (AvgIpc) is 2.73. The SMILES string of the molecule is CC(C)Cn1ccc2c(N)nc3ccccc3c21. The summed E-state index contributed by atoms with van der Waals surface area (Å²) in [6.45, 7) is 5.44. The molecule has 0 saturated heterocycles. The molecule has 3 nitrogen and oxygen atoms in total. The third-order valence-corrected chi connectivity index (χ3v) is 3.20. The van der Waals surface area contributed by atoms with E-state index in [1.54, 1.807) is 0 Å². The summed E-state index contributed by atoms with van der Waals surface area (Å²) in [6.07, 6.45) is 2.11. The van der Waals surface area contributed by atoms with Gasteiger partial charge in [-0.05, 0) is 18.1 Å². The van der Waals surface area contributed by atoms with E-state index in [1.165, 1.54) is 10.9 Å². The van der Waals surface area contributed by atoms with Gasteiger partial charge < -0.3 is 10.3 Å². The van der Waals surface area contributed by atoms with E-state index in [9.17, 15) is 0 Å². The Kier molecular flexibility index (Phi) is 2.47. The third-order valence-electron chi connectivity index (χ3n) is 3.20. The fourth-order valence-electron chi connectivity index (χ4n) is 2.49. The third kappa shape index (κ3) is 1.63. The molecular weight excluding hydrogens is 222 g/mol. The molecule has 18 heavy (non-hydrogen) atoms. The predicted molar refractivity (Wildman–Crippen MR) is 76.5 cm³/mol. The van der Waals surface area contributed by atoms with Crippen LogP contribution < -0.4 is 5.73 Å². The fraction of sp³-hybridized carbons (Fsp3) is 0.267. The second-order valence-corrected chi connectivity index (χ2v) is 5.14. The summed E-state index contributed by atoms with van der Waals surface area (Å²) in [5.41, 5.74) is 8.21. The van der Waals surface area contributed by atoms with Crippen molar-refractivity contribution in [3.8, 4) is 0 Å². The molecule has 3 aromatic rings. The van der Waals surface area contributed by atoms with E-state index < -0.39 is 0 Å². The molecule has 0 bridgehead atoms. The number of hydrogen-bond donors (Lipinski definition) is 1. The average molecular weight is 239 g/mol. The van der Waals surface area contributed by atoms with Crippen LogP contribution in [-0.2, 0) is 6.54 Å². The molecule has 92 valence electrons. The molecule has 2 heterocycles. The van der Waals surface area contributed by atoms with Gasteiger partial charge in [-0.2, -0.15) is 0 Å².